The van der Waals surface area contributed by atoms with Crippen molar-refractivity contribution in [3.8, 4) is 0 Å². The molecule has 0 radical (unpaired) electrons. The number of hydrogen-bond acceptors (Lipinski definition) is 4. The van der Waals surface area contributed by atoms with Gasteiger partial charge in [0.05, 0.1) is 16.7 Å². The molecule has 1 aromatic rings. The van der Waals surface area contributed by atoms with Crippen LogP contribution in [0.4, 0.5) is 10.1 Å². The van der Waals surface area contributed by atoms with Crippen LogP contribution in [0.5, 0.6) is 0 Å². The molecule has 2 atom stereocenters. The molecule has 5 nitrogen and oxygen atoms in total. The Morgan fingerprint density at radius 2 is 2.00 bits per heavy atom. The minimum absolute atomic E-state index is 0.100. The summed E-state index contributed by atoms with van der Waals surface area (Å²) in [6.07, 6.45) is 2.21. The highest BCUT2D eigenvalue weighted by Gasteiger charge is 2.28. The second kappa shape index (κ2) is 5.44. The third-order valence-corrected chi connectivity index (χ3v) is 4.81. The highest BCUT2D eigenvalue weighted by Crippen LogP contribution is 2.22. The van der Waals surface area contributed by atoms with Crippen LogP contribution in [0, 0.1) is 5.82 Å². The second-order valence-corrected chi connectivity index (χ2v) is 6.48. The number of nitrogen functional groups attached to an aromatic ring is 1. The zero-order valence-corrected chi connectivity index (χ0v) is 11.2. The number of rotatable bonds is 3. The molecule has 0 unspecified atom stereocenters. The molecule has 1 saturated carbocycles. The minimum Gasteiger partial charge on any atom is -0.396 e. The lowest BCUT2D eigenvalue weighted by atomic mass is 9.93. The van der Waals surface area contributed by atoms with Gasteiger partial charge in [-0.3, -0.25) is 0 Å². The molecule has 2 rings (SSSR count). The SMILES string of the molecule is Nc1ccc(S(=O)(=O)N[C@@H]2CCCC[C@H]2O)cc1F. The molecule has 0 saturated heterocycles. The Bertz CT molecular complexity index is 562. The molecule has 106 valence electrons. The maximum Gasteiger partial charge on any atom is 0.241 e. The Morgan fingerprint density at radius 3 is 2.63 bits per heavy atom. The van der Waals surface area contributed by atoms with Crippen LogP contribution in [0.3, 0.4) is 0 Å². The highest BCUT2D eigenvalue weighted by molar-refractivity contribution is 7.89. The van der Waals surface area contributed by atoms with E-state index in [1.807, 2.05) is 0 Å². The van der Waals surface area contributed by atoms with E-state index in [2.05, 4.69) is 4.72 Å². The third-order valence-electron chi connectivity index (χ3n) is 3.32. The van der Waals surface area contributed by atoms with Crippen LogP contribution in [0.2, 0.25) is 0 Å². The lowest BCUT2D eigenvalue weighted by Gasteiger charge is -2.28. The van der Waals surface area contributed by atoms with Crippen molar-refractivity contribution >= 4 is 15.7 Å². The zero-order chi connectivity index (χ0) is 14.0. The summed E-state index contributed by atoms with van der Waals surface area (Å²) in [5.74, 6) is -0.771. The standard InChI is InChI=1S/C12H17FN2O3S/c13-9-7-8(5-6-10(9)14)19(17,18)15-11-3-1-2-4-12(11)16/h5-7,11-12,15-16H,1-4,14H2/t11-,12-/m1/s1. The molecule has 0 amide bonds. The topological polar surface area (TPSA) is 92.4 Å². The summed E-state index contributed by atoms with van der Waals surface area (Å²) in [6.45, 7) is 0. The fourth-order valence-corrected chi connectivity index (χ4v) is 3.51. The average Bonchev–Trinajstić information content (AvgIpc) is 2.35. The largest absolute Gasteiger partial charge is 0.396 e. The number of hydrogen-bond donors (Lipinski definition) is 3. The van der Waals surface area contributed by atoms with Gasteiger partial charge in [0.1, 0.15) is 5.82 Å². The number of sulfonamides is 1. The van der Waals surface area contributed by atoms with Crippen molar-refractivity contribution < 1.29 is 17.9 Å². The van der Waals surface area contributed by atoms with Gasteiger partial charge in [-0.2, -0.15) is 0 Å². The Morgan fingerprint density at radius 1 is 1.32 bits per heavy atom. The Kier molecular flexibility index (Phi) is 4.07. The van der Waals surface area contributed by atoms with E-state index in [1.54, 1.807) is 0 Å². The summed E-state index contributed by atoms with van der Waals surface area (Å²) >= 11 is 0. The van der Waals surface area contributed by atoms with Crippen molar-refractivity contribution in [2.75, 3.05) is 5.73 Å². The monoisotopic (exact) mass is 288 g/mol. The van der Waals surface area contributed by atoms with Gasteiger partial charge >= 0.3 is 0 Å². The fourth-order valence-electron chi connectivity index (χ4n) is 2.19. The Balaban J connectivity index is 2.19. The van der Waals surface area contributed by atoms with E-state index in [0.717, 1.165) is 18.9 Å². The van der Waals surface area contributed by atoms with Gasteiger partial charge in [0.2, 0.25) is 10.0 Å². The van der Waals surface area contributed by atoms with Crippen LogP contribution in [0.1, 0.15) is 25.7 Å². The van der Waals surface area contributed by atoms with E-state index in [4.69, 9.17) is 5.73 Å². The summed E-state index contributed by atoms with van der Waals surface area (Å²) in [5, 5.41) is 9.76. The number of nitrogens with two attached hydrogens (primary N) is 1. The van der Waals surface area contributed by atoms with Gasteiger partial charge in [-0.1, -0.05) is 12.8 Å². The summed E-state index contributed by atoms with van der Waals surface area (Å²) in [4.78, 5) is -0.183. The van der Waals surface area contributed by atoms with E-state index in [-0.39, 0.29) is 10.6 Å². The minimum atomic E-state index is -3.84. The van der Waals surface area contributed by atoms with E-state index in [1.165, 1.54) is 12.1 Å². The molecule has 0 aromatic heterocycles. The van der Waals surface area contributed by atoms with Crippen molar-refractivity contribution in [1.29, 1.82) is 0 Å². The molecule has 0 aliphatic heterocycles. The van der Waals surface area contributed by atoms with Crippen LogP contribution < -0.4 is 10.5 Å². The van der Waals surface area contributed by atoms with Crippen LogP contribution in [-0.2, 0) is 10.0 Å². The van der Waals surface area contributed by atoms with E-state index >= 15 is 0 Å². The molecule has 1 aliphatic rings. The molecule has 19 heavy (non-hydrogen) atoms. The molecule has 0 heterocycles. The number of halogens is 1. The van der Waals surface area contributed by atoms with E-state index in [0.29, 0.717) is 12.8 Å². The van der Waals surface area contributed by atoms with Crippen LogP contribution in [0.25, 0.3) is 0 Å². The first-order chi connectivity index (χ1) is 8.90. The molecule has 7 heteroatoms. The first-order valence-corrected chi connectivity index (χ1v) is 7.64. The van der Waals surface area contributed by atoms with Crippen molar-refractivity contribution in [3.63, 3.8) is 0 Å². The van der Waals surface area contributed by atoms with E-state index in [9.17, 15) is 17.9 Å². The number of benzene rings is 1. The molecule has 1 fully saturated rings. The zero-order valence-electron chi connectivity index (χ0n) is 10.3. The van der Waals surface area contributed by atoms with Crippen LogP contribution in [0.15, 0.2) is 23.1 Å². The van der Waals surface area contributed by atoms with Gasteiger partial charge in [0, 0.05) is 6.04 Å². The quantitative estimate of drug-likeness (QED) is 0.723. The predicted octanol–water partition coefficient (Wildman–Crippen LogP) is 0.990. The van der Waals surface area contributed by atoms with Crippen LogP contribution >= 0.6 is 0 Å². The lowest BCUT2D eigenvalue weighted by Crippen LogP contribution is -2.44. The number of anilines is 1. The second-order valence-electron chi connectivity index (χ2n) is 4.76. The molecular formula is C12H17FN2O3S. The smallest absolute Gasteiger partial charge is 0.241 e. The predicted molar refractivity (Wildman–Crippen MR) is 69.4 cm³/mol. The molecule has 0 bridgehead atoms. The van der Waals surface area contributed by atoms with Gasteiger partial charge in [0.25, 0.3) is 0 Å². The first-order valence-electron chi connectivity index (χ1n) is 6.15. The maximum atomic E-state index is 13.3. The third kappa shape index (κ3) is 3.23. The van der Waals surface area contributed by atoms with Gasteiger partial charge < -0.3 is 10.8 Å². The summed E-state index contributed by atoms with van der Waals surface area (Å²) in [7, 11) is -3.84. The number of nitrogens with one attached hydrogen (secondary N) is 1. The van der Waals surface area contributed by atoms with E-state index < -0.39 is 28.0 Å². The summed E-state index contributed by atoms with van der Waals surface area (Å²) in [5.41, 5.74) is 5.21. The van der Waals surface area contributed by atoms with Gasteiger partial charge in [0.15, 0.2) is 0 Å². The average molecular weight is 288 g/mol. The number of aliphatic hydroxyl groups is 1. The fraction of sp³-hybridized carbons (Fsp3) is 0.500. The normalized spacial score (nSPS) is 24.3. The van der Waals surface area contributed by atoms with Gasteiger partial charge in [-0.15, -0.1) is 0 Å². The van der Waals surface area contributed by atoms with Crippen LogP contribution in [-0.4, -0.2) is 25.7 Å². The molecule has 0 spiro atoms. The molecule has 4 N–H and O–H groups in total. The maximum absolute atomic E-state index is 13.3. The summed E-state index contributed by atoms with van der Waals surface area (Å²) < 4.78 is 39.9. The number of aliphatic hydroxyl groups excluding tert-OH is 1. The van der Waals surface area contributed by atoms with Crippen molar-refractivity contribution in [2.24, 2.45) is 0 Å². The Labute approximate surface area is 111 Å². The van der Waals surface area contributed by atoms with Gasteiger partial charge in [-0.25, -0.2) is 17.5 Å². The lowest BCUT2D eigenvalue weighted by molar-refractivity contribution is 0.101. The molecular weight excluding hydrogens is 271 g/mol. The Hall–Kier alpha value is -1.18. The molecule has 1 aliphatic carbocycles. The van der Waals surface area contributed by atoms with Gasteiger partial charge in [-0.05, 0) is 31.0 Å². The first kappa shape index (κ1) is 14.2. The highest BCUT2D eigenvalue weighted by atomic mass is 32.2. The van der Waals surface area contributed by atoms with Crippen molar-refractivity contribution in [2.45, 2.75) is 42.7 Å². The summed E-state index contributed by atoms with van der Waals surface area (Å²) in [6, 6.07) is 2.82. The molecule has 1 aromatic carbocycles. The van der Waals surface area contributed by atoms with Crippen molar-refractivity contribution in [3.05, 3.63) is 24.0 Å². The van der Waals surface area contributed by atoms with Crippen molar-refractivity contribution in [1.82, 2.24) is 4.72 Å².